The monoisotopic (exact) mass is 502 g/mol. The summed E-state index contributed by atoms with van der Waals surface area (Å²) in [5.74, 6) is 0.818. The second-order valence-corrected chi connectivity index (χ2v) is 8.55. The van der Waals surface area contributed by atoms with Crippen molar-refractivity contribution in [3.63, 3.8) is 0 Å². The summed E-state index contributed by atoms with van der Waals surface area (Å²) in [7, 11) is 0. The first kappa shape index (κ1) is 19.6. The van der Waals surface area contributed by atoms with Crippen LogP contribution < -0.4 is 0 Å². The van der Waals surface area contributed by atoms with E-state index >= 15 is 0 Å². The van der Waals surface area contributed by atoms with Gasteiger partial charge in [-0.15, -0.1) is 0 Å². The molecule has 3 nitrogen and oxygen atoms in total. The van der Waals surface area contributed by atoms with Crippen LogP contribution in [0.3, 0.4) is 0 Å². The number of fused-ring (bicyclic) bond motifs is 1. The smallest absolute Gasteiger partial charge is 0.200 e. The van der Waals surface area contributed by atoms with Crippen LogP contribution in [0.25, 0.3) is 5.57 Å². The Labute approximate surface area is 181 Å². The summed E-state index contributed by atoms with van der Waals surface area (Å²) in [6, 6.07) is 20.0. The highest BCUT2D eigenvalue weighted by atomic mass is 79.9. The van der Waals surface area contributed by atoms with Gasteiger partial charge < -0.3 is 9.47 Å². The van der Waals surface area contributed by atoms with Crippen molar-refractivity contribution in [2.75, 3.05) is 6.61 Å². The highest BCUT2D eigenvalue weighted by Gasteiger charge is 2.47. The third kappa shape index (κ3) is 3.51. The van der Waals surface area contributed by atoms with Gasteiger partial charge >= 0.3 is 0 Å². The number of Topliss-reactive ketones (excluding diaryl/α,β-unsaturated/α-hetero) is 1. The zero-order valence-corrected chi connectivity index (χ0v) is 18.6. The van der Waals surface area contributed by atoms with Crippen LogP contribution >= 0.6 is 31.9 Å². The number of ether oxygens (including phenoxy) is 2. The van der Waals surface area contributed by atoms with E-state index < -0.39 is 0 Å². The van der Waals surface area contributed by atoms with Crippen molar-refractivity contribution in [1.82, 2.24) is 0 Å². The van der Waals surface area contributed by atoms with E-state index in [9.17, 15) is 4.79 Å². The third-order valence-corrected chi connectivity index (χ3v) is 6.90. The minimum absolute atomic E-state index is 0.0324. The van der Waals surface area contributed by atoms with Crippen molar-refractivity contribution in [3.05, 3.63) is 87.6 Å². The number of ketones is 1. The van der Waals surface area contributed by atoms with Gasteiger partial charge in [-0.3, -0.25) is 4.79 Å². The van der Waals surface area contributed by atoms with Gasteiger partial charge in [-0.1, -0.05) is 76.6 Å². The van der Waals surface area contributed by atoms with Gasteiger partial charge in [0.05, 0.1) is 9.31 Å². The van der Waals surface area contributed by atoms with E-state index in [1.165, 1.54) is 0 Å². The fraction of sp³-hybridized carbons (Fsp3) is 0.261. The van der Waals surface area contributed by atoms with Crippen LogP contribution in [0.1, 0.15) is 24.5 Å². The number of hydrogen-bond acceptors (Lipinski definition) is 3. The largest absolute Gasteiger partial charge is 0.468 e. The quantitative estimate of drug-likeness (QED) is 0.388. The van der Waals surface area contributed by atoms with Crippen molar-refractivity contribution >= 4 is 43.2 Å². The van der Waals surface area contributed by atoms with Gasteiger partial charge in [0.2, 0.25) is 0 Å². The molecule has 0 radical (unpaired) electrons. The van der Waals surface area contributed by atoms with Gasteiger partial charge in [0.1, 0.15) is 5.76 Å². The number of carbonyl (C=O) groups excluding carboxylic acids is 1. The summed E-state index contributed by atoms with van der Waals surface area (Å²) >= 11 is 7.35. The van der Waals surface area contributed by atoms with Crippen molar-refractivity contribution < 1.29 is 14.3 Å². The standard InChI is InChI=1S/C23H20Br2O3/c1-2-27-17-13-16-20(24)22(26)19(21(25)23(16)28-17)18(14-9-5-3-6-10-14)15-11-7-4-8-12-15/h3-12,16-17,20H,2,13H2,1H3/t16-,17-,20-/m1/s1. The Kier molecular flexibility index (Phi) is 5.85. The summed E-state index contributed by atoms with van der Waals surface area (Å²) in [6.07, 6.45) is 0.348. The summed E-state index contributed by atoms with van der Waals surface area (Å²) in [5, 5.41) is 0. The number of allylic oxidation sites excluding steroid dienone is 3. The molecule has 4 rings (SSSR count). The SMILES string of the molecule is CCO[C@H]1C[C@H]2C(=C(Br)C(=C(c3ccccc3)c3ccccc3)C(=O)[C@@H]2Br)O1. The fourth-order valence-corrected chi connectivity index (χ4v) is 5.26. The molecule has 0 aromatic heterocycles. The number of alkyl halides is 1. The van der Waals surface area contributed by atoms with Gasteiger partial charge in [0, 0.05) is 30.1 Å². The van der Waals surface area contributed by atoms with Crippen LogP contribution in [-0.2, 0) is 14.3 Å². The van der Waals surface area contributed by atoms with Crippen molar-refractivity contribution in [2.45, 2.75) is 24.5 Å². The average Bonchev–Trinajstić information content (AvgIpc) is 3.15. The lowest BCUT2D eigenvalue weighted by Gasteiger charge is -2.27. The third-order valence-electron chi connectivity index (χ3n) is 5.06. The molecule has 1 saturated heterocycles. The number of hydrogen-bond donors (Lipinski definition) is 0. The second kappa shape index (κ2) is 8.36. The Balaban J connectivity index is 1.94. The zero-order valence-electron chi connectivity index (χ0n) is 15.4. The summed E-state index contributed by atoms with van der Waals surface area (Å²) < 4.78 is 12.5. The molecular weight excluding hydrogens is 484 g/mol. The Hall–Kier alpha value is -1.69. The summed E-state index contributed by atoms with van der Waals surface area (Å²) in [4.78, 5) is 13.1. The first-order chi connectivity index (χ1) is 13.6. The molecule has 2 aromatic carbocycles. The molecule has 0 saturated carbocycles. The molecule has 28 heavy (non-hydrogen) atoms. The lowest BCUT2D eigenvalue weighted by atomic mass is 9.83. The Morgan fingerprint density at radius 3 is 2.18 bits per heavy atom. The molecule has 2 aromatic rings. The number of halogens is 2. The Morgan fingerprint density at radius 1 is 1.07 bits per heavy atom. The Bertz CT molecular complexity index is 893. The second-order valence-electron chi connectivity index (χ2n) is 6.77. The molecule has 0 unspecified atom stereocenters. The normalized spacial score (nSPS) is 24.2. The predicted octanol–water partition coefficient (Wildman–Crippen LogP) is 5.84. The maximum atomic E-state index is 13.5. The van der Waals surface area contributed by atoms with E-state index in [-0.39, 0.29) is 22.8 Å². The minimum atomic E-state index is -0.341. The maximum absolute atomic E-state index is 13.5. The molecule has 0 bridgehead atoms. The first-order valence-corrected chi connectivity index (χ1v) is 11.0. The van der Waals surface area contributed by atoms with Crippen LogP contribution in [0.5, 0.6) is 0 Å². The highest BCUT2D eigenvalue weighted by Crippen LogP contribution is 2.48. The summed E-state index contributed by atoms with van der Waals surface area (Å²) in [5.41, 5.74) is 3.53. The molecular formula is C23H20Br2O3. The molecule has 3 atom stereocenters. The molecule has 1 aliphatic heterocycles. The maximum Gasteiger partial charge on any atom is 0.200 e. The number of rotatable bonds is 4. The van der Waals surface area contributed by atoms with Crippen LogP contribution in [0.2, 0.25) is 0 Å². The zero-order chi connectivity index (χ0) is 19.7. The fourth-order valence-electron chi connectivity index (χ4n) is 3.80. The topological polar surface area (TPSA) is 35.5 Å². The lowest BCUT2D eigenvalue weighted by Crippen LogP contribution is -2.31. The number of carbonyl (C=O) groups is 1. The molecule has 1 heterocycles. The van der Waals surface area contributed by atoms with Gasteiger partial charge in [0.15, 0.2) is 12.1 Å². The van der Waals surface area contributed by atoms with Crippen LogP contribution in [0.4, 0.5) is 0 Å². The van der Waals surface area contributed by atoms with Crippen molar-refractivity contribution in [2.24, 2.45) is 5.92 Å². The van der Waals surface area contributed by atoms with Gasteiger partial charge in [0.25, 0.3) is 0 Å². The van der Waals surface area contributed by atoms with Crippen molar-refractivity contribution in [1.29, 1.82) is 0 Å². The van der Waals surface area contributed by atoms with Crippen molar-refractivity contribution in [3.8, 4) is 0 Å². The first-order valence-electron chi connectivity index (χ1n) is 9.33. The molecule has 1 fully saturated rings. The number of benzene rings is 2. The molecule has 0 amide bonds. The van der Waals surface area contributed by atoms with E-state index in [4.69, 9.17) is 9.47 Å². The molecule has 1 aliphatic carbocycles. The van der Waals surface area contributed by atoms with Crippen LogP contribution in [-0.4, -0.2) is 23.5 Å². The summed E-state index contributed by atoms with van der Waals surface area (Å²) in [6.45, 7) is 2.52. The van der Waals surface area contributed by atoms with Gasteiger partial charge in [-0.05, 0) is 34.0 Å². The lowest BCUT2D eigenvalue weighted by molar-refractivity contribution is -0.115. The molecule has 5 heteroatoms. The van der Waals surface area contributed by atoms with Gasteiger partial charge in [-0.2, -0.15) is 0 Å². The van der Waals surface area contributed by atoms with E-state index in [1.54, 1.807) is 0 Å². The molecule has 0 spiro atoms. The van der Waals surface area contributed by atoms with Crippen LogP contribution in [0.15, 0.2) is 76.5 Å². The molecule has 2 aliphatic rings. The highest BCUT2D eigenvalue weighted by molar-refractivity contribution is 9.12. The van der Waals surface area contributed by atoms with Gasteiger partial charge in [-0.25, -0.2) is 0 Å². The molecule has 144 valence electrons. The van der Waals surface area contributed by atoms with E-state index in [2.05, 4.69) is 31.9 Å². The van der Waals surface area contributed by atoms with E-state index in [1.807, 2.05) is 67.6 Å². The van der Waals surface area contributed by atoms with Crippen LogP contribution in [0, 0.1) is 5.92 Å². The van der Waals surface area contributed by atoms with E-state index in [0.29, 0.717) is 18.6 Å². The average molecular weight is 504 g/mol. The molecule has 0 N–H and O–H groups in total. The Morgan fingerprint density at radius 2 is 1.64 bits per heavy atom. The minimum Gasteiger partial charge on any atom is -0.468 e. The predicted molar refractivity (Wildman–Crippen MR) is 117 cm³/mol. The van der Waals surface area contributed by atoms with E-state index in [0.717, 1.165) is 26.9 Å².